The second kappa shape index (κ2) is 3.89. The molecule has 0 radical (unpaired) electrons. The second-order valence-corrected chi connectivity index (χ2v) is 5.62. The van der Waals surface area contributed by atoms with Crippen molar-refractivity contribution in [3.63, 3.8) is 0 Å². The number of nitrogens with two attached hydrogens (primary N) is 1. The van der Waals surface area contributed by atoms with Gasteiger partial charge in [-0.3, -0.25) is 0 Å². The molecule has 1 saturated carbocycles. The number of nitrogens with one attached hydrogen (secondary N) is 2. The number of aryl methyl sites for hydroxylation is 1. The molecule has 4 rings (SSSR count). The topological polar surface area (TPSA) is 96.3 Å². The minimum Gasteiger partial charge on any atom is -0.338 e. The lowest BCUT2D eigenvalue weighted by Crippen LogP contribution is -2.44. The molecule has 6 heteroatoms. The zero-order valence-corrected chi connectivity index (χ0v) is 11.3. The SMILES string of the molecule is Cc1cnc2nc(-c3cnc(C4(N)CCC4)[nH]3)[nH]c2c1. The van der Waals surface area contributed by atoms with Crippen LogP contribution in [0, 0.1) is 6.92 Å². The highest BCUT2D eigenvalue weighted by molar-refractivity contribution is 5.75. The van der Waals surface area contributed by atoms with Crippen molar-refractivity contribution in [1.82, 2.24) is 24.9 Å². The molecule has 4 N–H and O–H groups in total. The van der Waals surface area contributed by atoms with E-state index in [1.54, 1.807) is 6.20 Å². The average Bonchev–Trinajstić information content (AvgIpc) is 3.01. The molecule has 3 heterocycles. The highest BCUT2D eigenvalue weighted by atomic mass is 15.1. The number of aromatic amines is 2. The Morgan fingerprint density at radius 3 is 2.80 bits per heavy atom. The smallest absolute Gasteiger partial charge is 0.178 e. The van der Waals surface area contributed by atoms with Gasteiger partial charge in [-0.05, 0) is 37.8 Å². The van der Waals surface area contributed by atoms with Crippen LogP contribution in [0.4, 0.5) is 0 Å². The summed E-state index contributed by atoms with van der Waals surface area (Å²) in [4.78, 5) is 19.8. The Labute approximate surface area is 115 Å². The lowest BCUT2D eigenvalue weighted by Gasteiger charge is -2.35. The van der Waals surface area contributed by atoms with Crippen LogP contribution in [0.3, 0.4) is 0 Å². The van der Waals surface area contributed by atoms with Crippen molar-refractivity contribution in [2.45, 2.75) is 31.7 Å². The summed E-state index contributed by atoms with van der Waals surface area (Å²) in [5.41, 5.74) is 9.60. The zero-order chi connectivity index (χ0) is 13.7. The van der Waals surface area contributed by atoms with E-state index in [9.17, 15) is 0 Å². The second-order valence-electron chi connectivity index (χ2n) is 5.62. The summed E-state index contributed by atoms with van der Waals surface area (Å²) < 4.78 is 0. The van der Waals surface area contributed by atoms with Crippen LogP contribution < -0.4 is 5.73 Å². The molecule has 1 aliphatic rings. The molecule has 0 spiro atoms. The number of hydrogen-bond donors (Lipinski definition) is 3. The molecule has 0 atom stereocenters. The van der Waals surface area contributed by atoms with Crippen molar-refractivity contribution in [1.29, 1.82) is 0 Å². The average molecular weight is 268 g/mol. The normalized spacial score (nSPS) is 17.3. The molecule has 1 aliphatic carbocycles. The van der Waals surface area contributed by atoms with E-state index in [2.05, 4.69) is 24.9 Å². The van der Waals surface area contributed by atoms with Gasteiger partial charge in [-0.15, -0.1) is 0 Å². The summed E-state index contributed by atoms with van der Waals surface area (Å²) in [7, 11) is 0. The van der Waals surface area contributed by atoms with Crippen molar-refractivity contribution in [3.8, 4) is 11.5 Å². The fourth-order valence-corrected chi connectivity index (χ4v) is 2.62. The molecule has 0 aromatic carbocycles. The van der Waals surface area contributed by atoms with Crippen LogP contribution in [0.1, 0.15) is 30.7 Å². The van der Waals surface area contributed by atoms with Gasteiger partial charge in [0.25, 0.3) is 0 Å². The minimum absolute atomic E-state index is 0.279. The minimum atomic E-state index is -0.279. The van der Waals surface area contributed by atoms with E-state index in [0.29, 0.717) is 5.65 Å². The molecular formula is C14H16N6. The van der Waals surface area contributed by atoms with Crippen LogP contribution in [-0.2, 0) is 5.54 Å². The Morgan fingerprint density at radius 1 is 1.20 bits per heavy atom. The molecule has 3 aromatic heterocycles. The van der Waals surface area contributed by atoms with Gasteiger partial charge in [0.2, 0.25) is 0 Å². The fourth-order valence-electron chi connectivity index (χ4n) is 2.62. The first kappa shape index (κ1) is 11.6. The molecule has 0 saturated heterocycles. The number of aromatic nitrogens is 5. The largest absolute Gasteiger partial charge is 0.338 e. The van der Waals surface area contributed by atoms with Gasteiger partial charge in [0.1, 0.15) is 11.5 Å². The first-order valence-electron chi connectivity index (χ1n) is 6.81. The van der Waals surface area contributed by atoms with Crippen molar-refractivity contribution in [2.24, 2.45) is 5.73 Å². The molecule has 6 nitrogen and oxygen atoms in total. The summed E-state index contributed by atoms with van der Waals surface area (Å²) in [6.45, 7) is 2.01. The Kier molecular flexibility index (Phi) is 2.26. The van der Waals surface area contributed by atoms with Crippen molar-refractivity contribution in [2.75, 3.05) is 0 Å². The van der Waals surface area contributed by atoms with Gasteiger partial charge in [0.15, 0.2) is 11.5 Å². The highest BCUT2D eigenvalue weighted by Crippen LogP contribution is 2.37. The predicted octanol–water partition coefficient (Wildman–Crippen LogP) is 1.99. The van der Waals surface area contributed by atoms with Gasteiger partial charge in [-0.25, -0.2) is 15.0 Å². The summed E-state index contributed by atoms with van der Waals surface area (Å²) in [6, 6.07) is 2.03. The third kappa shape index (κ3) is 1.65. The maximum atomic E-state index is 6.27. The number of hydrogen-bond acceptors (Lipinski definition) is 4. The molecule has 3 aromatic rings. The van der Waals surface area contributed by atoms with E-state index in [4.69, 9.17) is 5.73 Å². The number of rotatable bonds is 2. The monoisotopic (exact) mass is 268 g/mol. The van der Waals surface area contributed by atoms with Crippen LogP contribution in [0.2, 0.25) is 0 Å². The molecule has 0 unspecified atom stereocenters. The number of fused-ring (bicyclic) bond motifs is 1. The van der Waals surface area contributed by atoms with Crippen LogP contribution in [0.5, 0.6) is 0 Å². The molecule has 0 bridgehead atoms. The first-order chi connectivity index (χ1) is 9.64. The van der Waals surface area contributed by atoms with Crippen molar-refractivity contribution >= 4 is 11.2 Å². The quantitative estimate of drug-likeness (QED) is 0.662. The number of H-pyrrole nitrogens is 2. The van der Waals surface area contributed by atoms with Crippen LogP contribution in [0.25, 0.3) is 22.7 Å². The van der Waals surface area contributed by atoms with E-state index in [1.165, 1.54) is 6.42 Å². The van der Waals surface area contributed by atoms with E-state index in [0.717, 1.165) is 41.3 Å². The molecule has 1 fully saturated rings. The number of imidazole rings is 2. The Balaban J connectivity index is 1.75. The van der Waals surface area contributed by atoms with E-state index >= 15 is 0 Å². The summed E-state index contributed by atoms with van der Waals surface area (Å²) >= 11 is 0. The lowest BCUT2D eigenvalue weighted by atomic mass is 9.77. The van der Waals surface area contributed by atoms with Gasteiger partial charge in [-0.1, -0.05) is 0 Å². The molecule has 20 heavy (non-hydrogen) atoms. The zero-order valence-electron chi connectivity index (χ0n) is 11.3. The van der Waals surface area contributed by atoms with Gasteiger partial charge in [-0.2, -0.15) is 0 Å². The molecular weight excluding hydrogens is 252 g/mol. The molecule has 0 aliphatic heterocycles. The predicted molar refractivity (Wildman–Crippen MR) is 75.9 cm³/mol. The van der Waals surface area contributed by atoms with E-state index < -0.39 is 0 Å². The van der Waals surface area contributed by atoms with Gasteiger partial charge in [0, 0.05) is 6.20 Å². The summed E-state index contributed by atoms with van der Waals surface area (Å²) in [5, 5.41) is 0. The Bertz CT molecular complexity index is 780. The van der Waals surface area contributed by atoms with E-state index in [-0.39, 0.29) is 5.54 Å². The number of nitrogens with zero attached hydrogens (tertiary/aromatic N) is 3. The molecule has 102 valence electrons. The Hall–Kier alpha value is -2.21. The lowest BCUT2D eigenvalue weighted by molar-refractivity contribution is 0.240. The van der Waals surface area contributed by atoms with Gasteiger partial charge >= 0.3 is 0 Å². The Morgan fingerprint density at radius 2 is 2.05 bits per heavy atom. The van der Waals surface area contributed by atoms with E-state index in [1.807, 2.05) is 19.2 Å². The van der Waals surface area contributed by atoms with Gasteiger partial charge < -0.3 is 15.7 Å². The fraction of sp³-hybridized carbons (Fsp3) is 0.357. The van der Waals surface area contributed by atoms with Gasteiger partial charge in [0.05, 0.1) is 17.3 Å². The standard InChI is InChI=1S/C14H16N6/c1-8-5-9-11(16-6-8)20-12(18-9)10-7-17-13(19-10)14(15)3-2-4-14/h5-7H,2-4,15H2,1H3,(H,17,19)(H,16,18,20). The number of pyridine rings is 1. The maximum Gasteiger partial charge on any atom is 0.178 e. The van der Waals surface area contributed by atoms with Crippen LogP contribution >= 0.6 is 0 Å². The highest BCUT2D eigenvalue weighted by Gasteiger charge is 2.37. The van der Waals surface area contributed by atoms with Crippen LogP contribution in [-0.4, -0.2) is 24.9 Å². The first-order valence-corrected chi connectivity index (χ1v) is 6.81. The summed E-state index contributed by atoms with van der Waals surface area (Å²) in [5.74, 6) is 1.60. The summed E-state index contributed by atoms with van der Waals surface area (Å²) in [6.07, 6.45) is 6.74. The third-order valence-electron chi connectivity index (χ3n) is 4.02. The maximum absolute atomic E-state index is 6.27. The van der Waals surface area contributed by atoms with Crippen molar-refractivity contribution < 1.29 is 0 Å². The van der Waals surface area contributed by atoms with Crippen molar-refractivity contribution in [3.05, 3.63) is 29.8 Å². The third-order valence-corrected chi connectivity index (χ3v) is 4.02. The van der Waals surface area contributed by atoms with Crippen LogP contribution in [0.15, 0.2) is 18.5 Å². The molecule has 0 amide bonds.